The number of anilines is 1. The Morgan fingerprint density at radius 3 is 2.25 bits per heavy atom. The fourth-order valence-corrected chi connectivity index (χ4v) is 6.95. The number of nitrogens with zero attached hydrogens (tertiary/aromatic N) is 1. The molecule has 288 valence electrons. The topological polar surface area (TPSA) is 240 Å². The molecule has 0 spiro atoms. The van der Waals surface area contributed by atoms with E-state index in [4.69, 9.17) is 24.8 Å². The molecule has 3 aliphatic heterocycles. The molecule has 2 aromatic rings. The average molecular weight is 740 g/mol. The average Bonchev–Trinajstić information content (AvgIpc) is 3.38. The molecule has 1 amide bonds. The Hall–Kier alpha value is -5.12. The third kappa shape index (κ3) is 7.54. The van der Waals surface area contributed by atoms with Gasteiger partial charge in [-0.05, 0) is 19.9 Å². The lowest BCUT2D eigenvalue weighted by molar-refractivity contribution is -0.160. The summed E-state index contributed by atoms with van der Waals surface area (Å²) >= 11 is 0. The molecule has 5 rings (SSSR count). The minimum absolute atomic E-state index is 0.0294. The highest BCUT2D eigenvalue weighted by Crippen LogP contribution is 2.55. The van der Waals surface area contributed by atoms with Crippen molar-refractivity contribution in [2.24, 2.45) is 34.6 Å². The molecule has 5 bridgehead atoms. The number of carbonyl (C=O) groups excluding carboxylic acids is 3. The summed E-state index contributed by atoms with van der Waals surface area (Å²) in [4.78, 5) is 39.8. The van der Waals surface area contributed by atoms with Crippen molar-refractivity contribution in [2.45, 2.75) is 85.6 Å². The van der Waals surface area contributed by atoms with E-state index in [1.807, 2.05) is 0 Å². The second kappa shape index (κ2) is 15.9. The van der Waals surface area contributed by atoms with Crippen molar-refractivity contribution in [3.63, 3.8) is 0 Å². The first-order valence-electron chi connectivity index (χ1n) is 17.1. The number of nitrogens with one attached hydrogen (secondary N) is 1. The molecule has 0 aliphatic carbocycles. The van der Waals surface area contributed by atoms with Crippen LogP contribution in [0.1, 0.15) is 70.0 Å². The normalized spacial score (nSPS) is 30.0. The summed E-state index contributed by atoms with van der Waals surface area (Å²) in [6, 6.07) is 0. The molecule has 9 atom stereocenters. The van der Waals surface area contributed by atoms with Crippen molar-refractivity contribution in [1.82, 2.24) is 0 Å². The first-order chi connectivity index (χ1) is 24.8. The number of nitrogens with two attached hydrogens (primary N) is 1. The molecule has 3 aliphatic rings. The molecule has 0 aromatic heterocycles. The highest BCUT2D eigenvalue weighted by Gasteiger charge is 2.50. The first kappa shape index (κ1) is 40.6. The van der Waals surface area contributed by atoms with Gasteiger partial charge < -0.3 is 55.6 Å². The van der Waals surface area contributed by atoms with E-state index in [-0.39, 0.29) is 44.5 Å². The van der Waals surface area contributed by atoms with E-state index in [9.17, 15) is 39.9 Å². The zero-order chi connectivity index (χ0) is 39.7. The number of methoxy groups -OCH3 is 1. The zero-order valence-electron chi connectivity index (χ0n) is 31.2. The van der Waals surface area contributed by atoms with Crippen molar-refractivity contribution in [2.75, 3.05) is 12.4 Å². The number of phenols is 3. The molecular formula is C38H49N3O12. The van der Waals surface area contributed by atoms with E-state index >= 15 is 0 Å². The van der Waals surface area contributed by atoms with Crippen molar-refractivity contribution in [3.8, 4) is 23.0 Å². The van der Waals surface area contributed by atoms with Crippen LogP contribution in [0.4, 0.5) is 5.69 Å². The van der Waals surface area contributed by atoms with Gasteiger partial charge in [-0.3, -0.25) is 14.4 Å². The van der Waals surface area contributed by atoms with Crippen molar-refractivity contribution in [3.05, 3.63) is 52.8 Å². The molecule has 0 saturated heterocycles. The molecule has 8 N–H and O–H groups in total. The monoisotopic (exact) mass is 739 g/mol. The number of rotatable bonds is 3. The number of hydrogen-bond acceptors (Lipinski definition) is 14. The number of hydrogen-bond donors (Lipinski definition) is 7. The van der Waals surface area contributed by atoms with Crippen LogP contribution >= 0.6 is 0 Å². The number of hydrazone groups is 1. The van der Waals surface area contributed by atoms with Gasteiger partial charge in [-0.25, -0.2) is 0 Å². The van der Waals surface area contributed by atoms with E-state index < -0.39 is 88.8 Å². The fourth-order valence-electron chi connectivity index (χ4n) is 6.95. The number of aliphatic hydroxyl groups excluding tert-OH is 2. The number of benzene rings is 2. The van der Waals surface area contributed by atoms with Crippen LogP contribution in [0, 0.1) is 30.6 Å². The highest BCUT2D eigenvalue weighted by molar-refractivity contribution is 6.23. The van der Waals surface area contributed by atoms with Gasteiger partial charge in [0.1, 0.15) is 23.4 Å². The van der Waals surface area contributed by atoms with Gasteiger partial charge in [-0.1, -0.05) is 45.9 Å². The molecule has 0 saturated carbocycles. The predicted molar refractivity (Wildman–Crippen MR) is 196 cm³/mol. The maximum absolute atomic E-state index is 14.1. The molecule has 53 heavy (non-hydrogen) atoms. The molecule has 15 nitrogen and oxygen atoms in total. The first-order valence-corrected chi connectivity index (χ1v) is 17.1. The minimum atomic E-state index is -2.05. The lowest BCUT2D eigenvalue weighted by Gasteiger charge is -2.38. The SMILES string of the molecule is COC1C=COC2(C)Oc3c(C)c(O)c4c(O)c(c(/C=N/N)c(O)c4c3C2=O)NC(=O)C(C)=CC=CC(C)C(O)C(C)C(O)C(C)C(OC(C)=O)C1C. The van der Waals surface area contributed by atoms with Crippen LogP contribution in [-0.2, 0) is 23.8 Å². The largest absolute Gasteiger partial charge is 0.507 e. The quantitative estimate of drug-likeness (QED) is 0.0588. The van der Waals surface area contributed by atoms with Gasteiger partial charge in [-0.2, -0.15) is 5.10 Å². The summed E-state index contributed by atoms with van der Waals surface area (Å²) in [5.41, 5.74) is -0.677. The summed E-state index contributed by atoms with van der Waals surface area (Å²) < 4.78 is 23.3. The number of amides is 1. The van der Waals surface area contributed by atoms with Crippen LogP contribution in [0.15, 0.2) is 41.2 Å². The molecular weight excluding hydrogens is 690 g/mol. The number of carbonyl (C=O) groups is 3. The molecule has 0 radical (unpaired) electrons. The van der Waals surface area contributed by atoms with Crippen LogP contribution in [0.25, 0.3) is 10.8 Å². The van der Waals surface area contributed by atoms with E-state index in [0.717, 1.165) is 6.21 Å². The van der Waals surface area contributed by atoms with Crippen molar-refractivity contribution >= 4 is 40.3 Å². The maximum atomic E-state index is 14.1. The number of ketones is 1. The van der Waals surface area contributed by atoms with Crippen LogP contribution < -0.4 is 15.9 Å². The van der Waals surface area contributed by atoms with Gasteiger partial charge in [-0.15, -0.1) is 0 Å². The van der Waals surface area contributed by atoms with E-state index in [0.29, 0.717) is 0 Å². The Bertz CT molecular complexity index is 1900. The summed E-state index contributed by atoms with van der Waals surface area (Å²) in [5.74, 6) is -3.22. The third-order valence-corrected chi connectivity index (χ3v) is 10.2. The van der Waals surface area contributed by atoms with E-state index in [2.05, 4.69) is 10.4 Å². The van der Waals surface area contributed by atoms with Crippen LogP contribution in [0.5, 0.6) is 23.0 Å². The number of fused-ring (bicyclic) bond motifs is 14. The second-order valence-electron chi connectivity index (χ2n) is 13.9. The van der Waals surface area contributed by atoms with Gasteiger partial charge in [0.25, 0.3) is 11.7 Å². The Morgan fingerprint density at radius 2 is 1.64 bits per heavy atom. The van der Waals surface area contributed by atoms with E-state index in [1.165, 1.54) is 53.2 Å². The summed E-state index contributed by atoms with van der Waals surface area (Å²) in [7, 11) is 1.42. The number of Topliss-reactive ketones (excluding diaryl/α,β-unsaturated/α-hetero) is 1. The lowest BCUT2D eigenvalue weighted by Crippen LogP contribution is -2.46. The fraction of sp³-hybridized carbons (Fsp3) is 0.474. The molecule has 3 heterocycles. The minimum Gasteiger partial charge on any atom is -0.507 e. The smallest absolute Gasteiger partial charge is 0.312 e. The Kier molecular flexibility index (Phi) is 12.2. The molecule has 0 fully saturated rings. The van der Waals surface area contributed by atoms with Gasteiger partial charge in [0.05, 0.1) is 53.0 Å². The molecule has 15 heteroatoms. The second-order valence-corrected chi connectivity index (χ2v) is 13.9. The Balaban J connectivity index is 1.95. The van der Waals surface area contributed by atoms with Crippen molar-refractivity contribution < 1.29 is 58.9 Å². The number of esters is 1. The highest BCUT2D eigenvalue weighted by atomic mass is 16.7. The summed E-state index contributed by atoms with van der Waals surface area (Å²) in [5, 5.41) is 62.5. The van der Waals surface area contributed by atoms with Gasteiger partial charge in [0, 0.05) is 61.2 Å². The predicted octanol–water partition coefficient (Wildman–Crippen LogP) is 4.05. The van der Waals surface area contributed by atoms with Crippen molar-refractivity contribution in [1.29, 1.82) is 0 Å². The number of aromatic hydroxyl groups is 3. The van der Waals surface area contributed by atoms with Gasteiger partial charge >= 0.3 is 11.8 Å². The number of ether oxygens (including phenoxy) is 4. The lowest BCUT2D eigenvalue weighted by atomic mass is 9.78. The summed E-state index contributed by atoms with van der Waals surface area (Å²) in [6.45, 7) is 12.3. The maximum Gasteiger partial charge on any atom is 0.312 e. The molecule has 2 aromatic carbocycles. The Labute approximate surface area is 307 Å². The van der Waals surface area contributed by atoms with Gasteiger partial charge in [0.15, 0.2) is 5.75 Å². The summed E-state index contributed by atoms with van der Waals surface area (Å²) in [6.07, 6.45) is 4.36. The third-order valence-electron chi connectivity index (χ3n) is 10.2. The van der Waals surface area contributed by atoms with Crippen LogP contribution in [0.3, 0.4) is 0 Å². The number of phenolic OH excluding ortho intramolecular Hbond substituents is 3. The van der Waals surface area contributed by atoms with Crippen LogP contribution in [-0.4, -0.2) is 86.7 Å². The number of allylic oxidation sites excluding steroid dienone is 2. The van der Waals surface area contributed by atoms with Gasteiger partial charge in [0.2, 0.25) is 0 Å². The van der Waals surface area contributed by atoms with Crippen LogP contribution in [0.2, 0.25) is 0 Å². The zero-order valence-corrected chi connectivity index (χ0v) is 31.2. The standard InChI is InChI=1S/C38H49N3O12/c1-16-11-10-12-17(2)37(49)41-28-23(15-40-39)32(46)25-26(33(28)47)31(45)21(6)35-27(25)36(48)38(8,53-35)51-14-13-24(50-9)18(3)34(52-22(7)42)20(5)30(44)19(4)29(16)43/h10-16,18-20,24,29-30,34,43-47H,39H2,1-9H3,(H,41,49)/b11-10?,14-13?,17-12?,40-15+. The Morgan fingerprint density at radius 1 is 0.981 bits per heavy atom. The molecule has 9 unspecified atom stereocenters. The number of aliphatic hydroxyl groups is 2. The van der Waals surface area contributed by atoms with E-state index in [1.54, 1.807) is 39.8 Å².